The molecule has 0 aromatic heterocycles. The van der Waals surface area contributed by atoms with Crippen LogP contribution in [0.25, 0.3) is 0 Å². The molecule has 0 fully saturated rings. The summed E-state index contributed by atoms with van der Waals surface area (Å²) in [5.74, 6) is -0.0710. The lowest BCUT2D eigenvalue weighted by Crippen LogP contribution is -2.47. The number of nitrogens with one attached hydrogen (secondary N) is 1. The molecule has 1 atom stereocenters. The zero-order valence-corrected chi connectivity index (χ0v) is 12.4. The fourth-order valence-corrected chi connectivity index (χ4v) is 1.99. The summed E-state index contributed by atoms with van der Waals surface area (Å²) < 4.78 is 0. The number of likely N-dealkylation sites (N-methyl/N-ethyl adjacent to an activating group) is 1. The van der Waals surface area contributed by atoms with E-state index in [-0.39, 0.29) is 17.6 Å². The fourth-order valence-electron chi connectivity index (χ4n) is 1.74. The van der Waals surface area contributed by atoms with Crippen LogP contribution in [0.1, 0.15) is 18.1 Å². The third-order valence-corrected chi connectivity index (χ3v) is 3.14. The third kappa shape index (κ3) is 4.95. The molecular formula is C14H20N2O2S. The van der Waals surface area contributed by atoms with E-state index in [1.54, 1.807) is 11.9 Å². The molecule has 0 heterocycles. The van der Waals surface area contributed by atoms with Crippen molar-refractivity contribution in [3.05, 3.63) is 35.4 Å². The summed E-state index contributed by atoms with van der Waals surface area (Å²) in [6.45, 7) is 3.93. The molecule has 1 N–H and O–H groups in total. The minimum absolute atomic E-state index is 0.134. The molecule has 0 saturated heterocycles. The Balaban J connectivity index is 2.65. The number of nitrogens with zero attached hydrogens (tertiary/aromatic N) is 1. The first kappa shape index (κ1) is 15.6. The quantitative estimate of drug-likeness (QED) is 0.801. The molecule has 1 rings (SSSR count). The number of carbonyl (C=O) groups excluding carboxylic acids is 2. The van der Waals surface area contributed by atoms with Gasteiger partial charge >= 0.3 is 0 Å². The van der Waals surface area contributed by atoms with Crippen molar-refractivity contribution in [2.75, 3.05) is 12.8 Å². The van der Waals surface area contributed by atoms with Gasteiger partial charge in [-0.2, -0.15) is 12.6 Å². The summed E-state index contributed by atoms with van der Waals surface area (Å²) in [4.78, 5) is 24.8. The maximum Gasteiger partial charge on any atom is 0.246 e. The minimum Gasteiger partial charge on any atom is -0.344 e. The van der Waals surface area contributed by atoms with E-state index in [2.05, 4.69) is 17.9 Å². The largest absolute Gasteiger partial charge is 0.344 e. The van der Waals surface area contributed by atoms with Crippen molar-refractivity contribution in [3.8, 4) is 0 Å². The van der Waals surface area contributed by atoms with Crippen LogP contribution < -0.4 is 5.32 Å². The summed E-state index contributed by atoms with van der Waals surface area (Å²) in [6, 6.07) is 7.44. The zero-order valence-electron chi connectivity index (χ0n) is 11.5. The third-order valence-electron chi connectivity index (χ3n) is 2.77. The van der Waals surface area contributed by atoms with Crippen LogP contribution in [0.2, 0.25) is 0 Å². The highest BCUT2D eigenvalue weighted by Gasteiger charge is 2.21. The average Bonchev–Trinajstić information content (AvgIpc) is 2.37. The van der Waals surface area contributed by atoms with E-state index >= 15 is 0 Å². The van der Waals surface area contributed by atoms with Crippen molar-refractivity contribution in [1.82, 2.24) is 10.2 Å². The average molecular weight is 280 g/mol. The Kier molecular flexibility index (Phi) is 5.89. The molecule has 4 nitrogen and oxygen atoms in total. The second-order valence-electron chi connectivity index (χ2n) is 4.62. The predicted molar refractivity (Wildman–Crippen MR) is 79.1 cm³/mol. The van der Waals surface area contributed by atoms with Gasteiger partial charge in [-0.25, -0.2) is 0 Å². The number of rotatable bonds is 5. The van der Waals surface area contributed by atoms with Crippen molar-refractivity contribution in [3.63, 3.8) is 0 Å². The summed E-state index contributed by atoms with van der Waals surface area (Å²) >= 11 is 4.10. The van der Waals surface area contributed by atoms with Crippen molar-refractivity contribution in [1.29, 1.82) is 0 Å². The monoisotopic (exact) mass is 280 g/mol. The van der Waals surface area contributed by atoms with Gasteiger partial charge in [0, 0.05) is 26.3 Å². The molecule has 104 valence electrons. The van der Waals surface area contributed by atoms with Gasteiger partial charge in [0.15, 0.2) is 0 Å². The van der Waals surface area contributed by atoms with Gasteiger partial charge in [0.05, 0.1) is 0 Å². The van der Waals surface area contributed by atoms with Gasteiger partial charge < -0.3 is 10.2 Å². The Morgan fingerprint density at radius 3 is 2.37 bits per heavy atom. The number of amides is 2. The molecule has 2 amide bonds. The van der Waals surface area contributed by atoms with Crippen molar-refractivity contribution in [2.24, 2.45) is 0 Å². The van der Waals surface area contributed by atoms with Crippen LogP contribution >= 0.6 is 12.6 Å². The van der Waals surface area contributed by atoms with Gasteiger partial charge in [0.2, 0.25) is 11.8 Å². The number of carbonyl (C=O) groups is 2. The van der Waals surface area contributed by atoms with E-state index in [1.165, 1.54) is 12.5 Å². The number of thiol groups is 1. The molecule has 0 aliphatic rings. The molecule has 1 unspecified atom stereocenters. The predicted octanol–water partition coefficient (Wildman–Crippen LogP) is 1.39. The second-order valence-corrected chi connectivity index (χ2v) is 4.98. The first-order chi connectivity index (χ1) is 8.93. The first-order valence-corrected chi connectivity index (χ1v) is 6.75. The van der Waals surface area contributed by atoms with Gasteiger partial charge in [-0.15, -0.1) is 0 Å². The standard InChI is InChI=1S/C14H20N2O2S/c1-10-4-6-12(7-5-10)8-16(3)14(18)13(9-19)15-11(2)17/h4-7,13,19H,8-9H2,1-3H3,(H,15,17). The van der Waals surface area contributed by atoms with E-state index < -0.39 is 6.04 Å². The highest BCUT2D eigenvalue weighted by atomic mass is 32.1. The lowest BCUT2D eigenvalue weighted by Gasteiger charge is -2.23. The topological polar surface area (TPSA) is 49.4 Å². The van der Waals surface area contributed by atoms with Gasteiger partial charge in [-0.05, 0) is 12.5 Å². The van der Waals surface area contributed by atoms with E-state index in [1.807, 2.05) is 31.2 Å². The molecule has 1 aromatic rings. The van der Waals surface area contributed by atoms with Gasteiger partial charge in [0.1, 0.15) is 6.04 Å². The molecule has 0 saturated carbocycles. The van der Waals surface area contributed by atoms with Crippen LogP contribution in [0.5, 0.6) is 0 Å². The summed E-state index contributed by atoms with van der Waals surface area (Å²) in [7, 11) is 1.72. The Bertz CT molecular complexity index is 445. The van der Waals surface area contributed by atoms with Crippen LogP contribution in [-0.4, -0.2) is 35.6 Å². The molecule has 1 aromatic carbocycles. The highest BCUT2D eigenvalue weighted by Crippen LogP contribution is 2.07. The van der Waals surface area contributed by atoms with Crippen LogP contribution in [0, 0.1) is 6.92 Å². The maximum absolute atomic E-state index is 12.1. The van der Waals surface area contributed by atoms with Crippen LogP contribution in [-0.2, 0) is 16.1 Å². The molecule has 0 aliphatic carbocycles. The lowest BCUT2D eigenvalue weighted by atomic mass is 10.1. The molecule has 0 bridgehead atoms. The van der Waals surface area contributed by atoms with E-state index in [0.29, 0.717) is 6.54 Å². The first-order valence-electron chi connectivity index (χ1n) is 6.12. The van der Waals surface area contributed by atoms with Crippen molar-refractivity contribution < 1.29 is 9.59 Å². The maximum atomic E-state index is 12.1. The molecular weight excluding hydrogens is 260 g/mol. The van der Waals surface area contributed by atoms with Gasteiger partial charge in [-0.3, -0.25) is 9.59 Å². The molecule has 0 spiro atoms. The Morgan fingerprint density at radius 2 is 1.89 bits per heavy atom. The molecule has 19 heavy (non-hydrogen) atoms. The summed E-state index contributed by atoms with van der Waals surface area (Å²) in [5.41, 5.74) is 2.24. The van der Waals surface area contributed by atoms with E-state index in [4.69, 9.17) is 0 Å². The molecule has 0 aliphatic heterocycles. The SMILES string of the molecule is CC(=O)NC(CS)C(=O)N(C)Cc1ccc(C)cc1. The van der Waals surface area contributed by atoms with Crippen LogP contribution in [0.15, 0.2) is 24.3 Å². The summed E-state index contributed by atoms with van der Waals surface area (Å²) in [5, 5.41) is 2.60. The Morgan fingerprint density at radius 1 is 1.32 bits per heavy atom. The zero-order chi connectivity index (χ0) is 14.4. The van der Waals surface area contributed by atoms with Crippen molar-refractivity contribution >= 4 is 24.4 Å². The van der Waals surface area contributed by atoms with Gasteiger partial charge in [0.25, 0.3) is 0 Å². The van der Waals surface area contributed by atoms with Crippen molar-refractivity contribution in [2.45, 2.75) is 26.4 Å². The molecule has 5 heteroatoms. The smallest absolute Gasteiger partial charge is 0.246 e. The minimum atomic E-state index is -0.573. The summed E-state index contributed by atoms with van der Waals surface area (Å²) in [6.07, 6.45) is 0. The Labute approximate surface area is 119 Å². The highest BCUT2D eigenvalue weighted by molar-refractivity contribution is 7.80. The number of aryl methyl sites for hydroxylation is 1. The number of hydrogen-bond donors (Lipinski definition) is 2. The second kappa shape index (κ2) is 7.19. The fraction of sp³-hybridized carbons (Fsp3) is 0.429. The van der Waals surface area contributed by atoms with Crippen LogP contribution in [0.3, 0.4) is 0 Å². The van der Waals surface area contributed by atoms with E-state index in [0.717, 1.165) is 5.56 Å². The van der Waals surface area contributed by atoms with Gasteiger partial charge in [-0.1, -0.05) is 29.8 Å². The van der Waals surface area contributed by atoms with E-state index in [9.17, 15) is 9.59 Å². The normalized spacial score (nSPS) is 11.8. The number of hydrogen-bond acceptors (Lipinski definition) is 3. The van der Waals surface area contributed by atoms with Crippen LogP contribution in [0.4, 0.5) is 0 Å². The Hall–Kier alpha value is -1.49. The number of benzene rings is 1. The molecule has 0 radical (unpaired) electrons. The lowest BCUT2D eigenvalue weighted by molar-refractivity contribution is -0.134.